The average molecular weight is 390 g/mol. The summed E-state index contributed by atoms with van der Waals surface area (Å²) in [6.45, 7) is 4.63. The van der Waals surface area contributed by atoms with Crippen LogP contribution in [0.1, 0.15) is 25.5 Å². The lowest BCUT2D eigenvalue weighted by atomic mass is 9.99. The summed E-state index contributed by atoms with van der Waals surface area (Å²) < 4.78 is 5.95. The van der Waals surface area contributed by atoms with Crippen molar-refractivity contribution in [2.75, 3.05) is 24.6 Å². The Bertz CT molecular complexity index is 986. The number of para-hydroxylation sites is 1. The summed E-state index contributed by atoms with van der Waals surface area (Å²) in [4.78, 5) is 26.1. The fraction of sp³-hybridized carbons (Fsp3) is 0.348. The fourth-order valence-corrected chi connectivity index (χ4v) is 3.68. The van der Waals surface area contributed by atoms with Gasteiger partial charge in [0.2, 0.25) is 0 Å². The van der Waals surface area contributed by atoms with E-state index in [1.54, 1.807) is 6.20 Å². The number of aryl methyl sites for hydroxylation is 1. The second-order valence-electron chi connectivity index (χ2n) is 7.42. The molecule has 6 heteroatoms. The summed E-state index contributed by atoms with van der Waals surface area (Å²) in [5.74, 6) is 2.92. The van der Waals surface area contributed by atoms with E-state index in [2.05, 4.69) is 19.9 Å². The van der Waals surface area contributed by atoms with Crippen molar-refractivity contribution in [1.82, 2.24) is 15.0 Å². The minimum atomic E-state index is -0.131. The number of benzene rings is 1. The number of nitrogens with zero attached hydrogens (tertiary/aromatic N) is 3. The first-order valence-corrected chi connectivity index (χ1v) is 10.2. The predicted molar refractivity (Wildman–Crippen MR) is 114 cm³/mol. The molecule has 1 unspecified atom stereocenters. The van der Waals surface area contributed by atoms with Gasteiger partial charge in [0.15, 0.2) is 0 Å². The SMILES string of the molecule is CCc1cc(=O)[nH]c(-c2ccc(N3CCCC(COc4ccccc4)C3)nc2)n1. The number of ether oxygens (including phenoxy) is 1. The topological polar surface area (TPSA) is 71.1 Å². The monoisotopic (exact) mass is 390 g/mol. The summed E-state index contributed by atoms with van der Waals surface area (Å²) in [6, 6.07) is 15.5. The molecule has 0 spiro atoms. The van der Waals surface area contributed by atoms with E-state index >= 15 is 0 Å². The standard InChI is InChI=1S/C23H26N4O2/c1-2-19-13-22(28)26-23(25-19)18-10-11-21(24-14-18)27-12-6-7-17(15-27)16-29-20-8-4-3-5-9-20/h3-5,8-11,13-14,17H,2,6-7,12,15-16H2,1H3,(H,25,26,28). The Morgan fingerprint density at radius 3 is 2.83 bits per heavy atom. The van der Waals surface area contributed by atoms with E-state index in [1.165, 1.54) is 6.07 Å². The second kappa shape index (κ2) is 8.90. The molecule has 1 fully saturated rings. The molecule has 1 atom stereocenters. The third-order valence-corrected chi connectivity index (χ3v) is 5.25. The van der Waals surface area contributed by atoms with Gasteiger partial charge in [-0.3, -0.25) is 4.79 Å². The highest BCUT2D eigenvalue weighted by molar-refractivity contribution is 5.56. The molecule has 3 heterocycles. The molecule has 1 aromatic carbocycles. The van der Waals surface area contributed by atoms with Gasteiger partial charge < -0.3 is 14.6 Å². The Labute approximate surface area is 170 Å². The number of aromatic nitrogens is 3. The third kappa shape index (κ3) is 4.83. The first-order valence-electron chi connectivity index (χ1n) is 10.2. The van der Waals surface area contributed by atoms with Gasteiger partial charge >= 0.3 is 0 Å². The molecule has 6 nitrogen and oxygen atoms in total. The first-order chi connectivity index (χ1) is 14.2. The summed E-state index contributed by atoms with van der Waals surface area (Å²) in [7, 11) is 0. The molecule has 0 saturated carbocycles. The van der Waals surface area contributed by atoms with Crippen LogP contribution in [0.4, 0.5) is 5.82 Å². The number of hydrogen-bond donors (Lipinski definition) is 1. The van der Waals surface area contributed by atoms with Crippen molar-refractivity contribution in [3.05, 3.63) is 70.8 Å². The van der Waals surface area contributed by atoms with E-state index in [9.17, 15) is 4.79 Å². The minimum Gasteiger partial charge on any atom is -0.493 e. The summed E-state index contributed by atoms with van der Waals surface area (Å²) in [5, 5.41) is 0. The quantitative estimate of drug-likeness (QED) is 0.695. The van der Waals surface area contributed by atoms with Crippen LogP contribution in [0.3, 0.4) is 0 Å². The number of nitrogens with one attached hydrogen (secondary N) is 1. The normalized spacial score (nSPS) is 16.6. The van der Waals surface area contributed by atoms with Crippen molar-refractivity contribution in [2.24, 2.45) is 5.92 Å². The van der Waals surface area contributed by atoms with Crippen molar-refractivity contribution in [3.8, 4) is 17.1 Å². The van der Waals surface area contributed by atoms with Crippen LogP contribution in [-0.2, 0) is 6.42 Å². The van der Waals surface area contributed by atoms with Gasteiger partial charge in [0.25, 0.3) is 5.56 Å². The van der Waals surface area contributed by atoms with Crippen molar-refractivity contribution >= 4 is 5.82 Å². The number of H-pyrrole nitrogens is 1. The lowest BCUT2D eigenvalue weighted by molar-refractivity contribution is 0.228. The number of piperidine rings is 1. The molecule has 3 aromatic rings. The predicted octanol–water partition coefficient (Wildman–Crippen LogP) is 3.69. The summed E-state index contributed by atoms with van der Waals surface area (Å²) in [5.41, 5.74) is 1.47. The number of aromatic amines is 1. The van der Waals surface area contributed by atoms with Crippen LogP contribution in [0.15, 0.2) is 59.5 Å². The maximum absolute atomic E-state index is 11.8. The molecule has 29 heavy (non-hydrogen) atoms. The number of hydrogen-bond acceptors (Lipinski definition) is 5. The van der Waals surface area contributed by atoms with Crippen LogP contribution < -0.4 is 15.2 Å². The molecule has 0 aliphatic carbocycles. The Hall–Kier alpha value is -3.15. The maximum Gasteiger partial charge on any atom is 0.251 e. The molecule has 2 aromatic heterocycles. The van der Waals surface area contributed by atoms with Gasteiger partial charge in [0.05, 0.1) is 6.61 Å². The van der Waals surface area contributed by atoms with Crippen LogP contribution in [-0.4, -0.2) is 34.6 Å². The molecule has 1 saturated heterocycles. The zero-order valence-corrected chi connectivity index (χ0v) is 16.7. The third-order valence-electron chi connectivity index (χ3n) is 5.25. The van der Waals surface area contributed by atoms with E-state index in [0.717, 1.165) is 55.2 Å². The molecular formula is C23H26N4O2. The van der Waals surface area contributed by atoms with Crippen LogP contribution in [0, 0.1) is 5.92 Å². The minimum absolute atomic E-state index is 0.131. The van der Waals surface area contributed by atoms with Crippen LogP contribution in [0.25, 0.3) is 11.4 Å². The van der Waals surface area contributed by atoms with Crippen molar-refractivity contribution < 1.29 is 4.74 Å². The van der Waals surface area contributed by atoms with E-state index in [0.29, 0.717) is 18.3 Å². The molecule has 0 bridgehead atoms. The number of pyridine rings is 1. The Kier molecular flexibility index (Phi) is 5.89. The van der Waals surface area contributed by atoms with Gasteiger partial charge in [-0.25, -0.2) is 9.97 Å². The van der Waals surface area contributed by atoms with E-state index in [-0.39, 0.29) is 5.56 Å². The maximum atomic E-state index is 11.8. The second-order valence-corrected chi connectivity index (χ2v) is 7.42. The van der Waals surface area contributed by atoms with E-state index < -0.39 is 0 Å². The molecule has 1 aliphatic rings. The Morgan fingerprint density at radius 1 is 1.21 bits per heavy atom. The number of rotatable bonds is 6. The summed E-state index contributed by atoms with van der Waals surface area (Å²) >= 11 is 0. The average Bonchev–Trinajstić information content (AvgIpc) is 2.78. The van der Waals surface area contributed by atoms with Gasteiger partial charge in [0.1, 0.15) is 17.4 Å². The lowest BCUT2D eigenvalue weighted by Crippen LogP contribution is -2.38. The first kappa shape index (κ1) is 19.2. The van der Waals surface area contributed by atoms with Crippen LogP contribution in [0.2, 0.25) is 0 Å². The Balaban J connectivity index is 1.42. The van der Waals surface area contributed by atoms with Gasteiger partial charge in [-0.15, -0.1) is 0 Å². The largest absolute Gasteiger partial charge is 0.493 e. The zero-order valence-electron chi connectivity index (χ0n) is 16.7. The number of anilines is 1. The summed E-state index contributed by atoms with van der Waals surface area (Å²) in [6.07, 6.45) is 4.80. The van der Waals surface area contributed by atoms with Gasteiger partial charge in [0, 0.05) is 42.5 Å². The molecular weight excluding hydrogens is 364 g/mol. The highest BCUT2D eigenvalue weighted by Crippen LogP contribution is 2.24. The van der Waals surface area contributed by atoms with Crippen molar-refractivity contribution in [1.29, 1.82) is 0 Å². The van der Waals surface area contributed by atoms with Crippen LogP contribution in [0.5, 0.6) is 5.75 Å². The molecule has 0 amide bonds. The highest BCUT2D eigenvalue weighted by Gasteiger charge is 2.21. The molecule has 150 valence electrons. The smallest absolute Gasteiger partial charge is 0.251 e. The molecule has 0 radical (unpaired) electrons. The van der Waals surface area contributed by atoms with Crippen LogP contribution >= 0.6 is 0 Å². The lowest BCUT2D eigenvalue weighted by Gasteiger charge is -2.33. The fourth-order valence-electron chi connectivity index (χ4n) is 3.68. The highest BCUT2D eigenvalue weighted by atomic mass is 16.5. The van der Waals surface area contributed by atoms with Gasteiger partial charge in [-0.2, -0.15) is 0 Å². The molecule has 1 N–H and O–H groups in total. The van der Waals surface area contributed by atoms with Gasteiger partial charge in [-0.05, 0) is 43.5 Å². The van der Waals surface area contributed by atoms with Crippen molar-refractivity contribution in [2.45, 2.75) is 26.2 Å². The van der Waals surface area contributed by atoms with Gasteiger partial charge in [-0.1, -0.05) is 25.1 Å². The molecule has 1 aliphatic heterocycles. The van der Waals surface area contributed by atoms with E-state index in [1.807, 2.05) is 49.4 Å². The zero-order chi connectivity index (χ0) is 20.1. The molecule has 4 rings (SSSR count). The van der Waals surface area contributed by atoms with Crippen molar-refractivity contribution in [3.63, 3.8) is 0 Å². The Morgan fingerprint density at radius 2 is 2.07 bits per heavy atom. The van der Waals surface area contributed by atoms with E-state index in [4.69, 9.17) is 4.74 Å².